The van der Waals surface area contributed by atoms with E-state index in [2.05, 4.69) is 30.7 Å². The highest BCUT2D eigenvalue weighted by molar-refractivity contribution is 5.96. The molecule has 0 aromatic carbocycles. The second-order valence-corrected chi connectivity index (χ2v) is 6.23. The second kappa shape index (κ2) is 10.5. The number of rotatable bonds is 11. The van der Waals surface area contributed by atoms with E-state index in [0.29, 0.717) is 25.2 Å². The summed E-state index contributed by atoms with van der Waals surface area (Å²) in [4.78, 5) is 23.4. The van der Waals surface area contributed by atoms with Gasteiger partial charge < -0.3 is 9.84 Å². The van der Waals surface area contributed by atoms with Gasteiger partial charge >= 0.3 is 5.97 Å². The van der Waals surface area contributed by atoms with Crippen LogP contribution in [-0.4, -0.2) is 29.6 Å². The zero-order valence-corrected chi connectivity index (χ0v) is 14.7. The number of hydrogen-bond donors (Lipinski definition) is 1. The predicted octanol–water partition coefficient (Wildman–Crippen LogP) is 3.67. The number of Topliss-reactive ketones (excluding diaryl/α,β-unsaturated/α-hetero) is 1. The zero-order chi connectivity index (χ0) is 17.2. The molecule has 22 heavy (non-hydrogen) atoms. The molecule has 0 radical (unpaired) electrons. The SMILES string of the molecule is CC/C=C/[C@H](CC)C[C@](C)(O)C[C@@H](CC)C(=O)CC(=O)OC. The van der Waals surface area contributed by atoms with Crippen LogP contribution >= 0.6 is 0 Å². The molecule has 0 aromatic rings. The topological polar surface area (TPSA) is 63.6 Å². The summed E-state index contributed by atoms with van der Waals surface area (Å²) in [6, 6.07) is 0. The van der Waals surface area contributed by atoms with Crippen molar-refractivity contribution in [3.8, 4) is 0 Å². The lowest BCUT2D eigenvalue weighted by Crippen LogP contribution is -2.33. The summed E-state index contributed by atoms with van der Waals surface area (Å²) in [5.41, 5.74) is -0.911. The third-order valence-corrected chi connectivity index (χ3v) is 4.05. The summed E-state index contributed by atoms with van der Waals surface area (Å²) < 4.78 is 4.54. The van der Waals surface area contributed by atoms with E-state index in [4.69, 9.17) is 0 Å². The van der Waals surface area contributed by atoms with Gasteiger partial charge in [0.05, 0.1) is 12.7 Å². The van der Waals surface area contributed by atoms with Crippen LogP contribution in [0.2, 0.25) is 0 Å². The Morgan fingerprint density at radius 2 is 1.82 bits per heavy atom. The van der Waals surface area contributed by atoms with Gasteiger partial charge in [0.2, 0.25) is 0 Å². The molecule has 0 rings (SSSR count). The minimum atomic E-state index is -0.911. The van der Waals surface area contributed by atoms with Gasteiger partial charge in [0.15, 0.2) is 0 Å². The number of hydrogen-bond acceptors (Lipinski definition) is 4. The predicted molar refractivity (Wildman–Crippen MR) is 88.5 cm³/mol. The highest BCUT2D eigenvalue weighted by Gasteiger charge is 2.31. The van der Waals surface area contributed by atoms with Gasteiger partial charge in [0.1, 0.15) is 12.2 Å². The van der Waals surface area contributed by atoms with Gasteiger partial charge in [-0.1, -0.05) is 32.9 Å². The third-order valence-electron chi connectivity index (χ3n) is 4.05. The maximum Gasteiger partial charge on any atom is 0.313 e. The normalized spacial score (nSPS) is 17.0. The summed E-state index contributed by atoms with van der Waals surface area (Å²) in [5, 5.41) is 10.7. The molecule has 4 heteroatoms. The van der Waals surface area contributed by atoms with Crippen molar-refractivity contribution < 1.29 is 19.4 Å². The Hall–Kier alpha value is -1.16. The van der Waals surface area contributed by atoms with Crippen LogP contribution in [0.4, 0.5) is 0 Å². The molecule has 0 aliphatic rings. The molecule has 0 saturated carbocycles. The molecule has 0 heterocycles. The summed E-state index contributed by atoms with van der Waals surface area (Å²) in [6.07, 6.45) is 7.62. The lowest BCUT2D eigenvalue weighted by molar-refractivity contribution is -0.144. The first-order valence-corrected chi connectivity index (χ1v) is 8.28. The molecular weight excluding hydrogens is 280 g/mol. The van der Waals surface area contributed by atoms with Gasteiger partial charge in [0, 0.05) is 5.92 Å². The van der Waals surface area contributed by atoms with Crippen molar-refractivity contribution >= 4 is 11.8 Å². The molecule has 0 fully saturated rings. The summed E-state index contributed by atoms with van der Waals surface area (Å²) >= 11 is 0. The van der Waals surface area contributed by atoms with Gasteiger partial charge in [-0.05, 0) is 44.9 Å². The first-order valence-electron chi connectivity index (χ1n) is 8.28. The Bertz CT molecular complexity index is 371. The molecule has 0 aliphatic heterocycles. The standard InChI is InChI=1S/C18H32O4/c1-6-9-10-14(7-2)12-18(4,21)13-15(8-3)16(19)11-17(20)22-5/h9-10,14-15,21H,6-8,11-13H2,1-5H3/b10-9+/t14-,15+,18-/m0/s1. The highest BCUT2D eigenvalue weighted by atomic mass is 16.5. The van der Waals surface area contributed by atoms with Crippen molar-refractivity contribution in [1.29, 1.82) is 0 Å². The Labute approximate surface area is 134 Å². The summed E-state index contributed by atoms with van der Waals surface area (Å²) in [7, 11) is 1.28. The van der Waals surface area contributed by atoms with Crippen LogP contribution in [0.3, 0.4) is 0 Å². The van der Waals surface area contributed by atoms with Crippen molar-refractivity contribution in [2.75, 3.05) is 7.11 Å². The Balaban J connectivity index is 4.72. The lowest BCUT2D eigenvalue weighted by atomic mass is 9.80. The number of ether oxygens (including phenoxy) is 1. The quantitative estimate of drug-likeness (QED) is 0.359. The van der Waals surface area contributed by atoms with Crippen molar-refractivity contribution in [3.05, 3.63) is 12.2 Å². The van der Waals surface area contributed by atoms with Crippen LogP contribution in [0.15, 0.2) is 12.2 Å². The van der Waals surface area contributed by atoms with Gasteiger partial charge in [-0.3, -0.25) is 9.59 Å². The fraction of sp³-hybridized carbons (Fsp3) is 0.778. The molecule has 128 valence electrons. The Morgan fingerprint density at radius 3 is 2.27 bits per heavy atom. The van der Waals surface area contributed by atoms with Crippen LogP contribution < -0.4 is 0 Å². The first kappa shape index (κ1) is 20.8. The van der Waals surface area contributed by atoms with Crippen molar-refractivity contribution in [1.82, 2.24) is 0 Å². The van der Waals surface area contributed by atoms with Crippen LogP contribution in [0.1, 0.15) is 66.2 Å². The fourth-order valence-corrected chi connectivity index (χ4v) is 2.70. The monoisotopic (exact) mass is 312 g/mol. The molecule has 0 bridgehead atoms. The average molecular weight is 312 g/mol. The molecule has 0 aliphatic carbocycles. The van der Waals surface area contributed by atoms with E-state index in [-0.39, 0.29) is 18.1 Å². The van der Waals surface area contributed by atoms with Crippen LogP contribution in [0.25, 0.3) is 0 Å². The van der Waals surface area contributed by atoms with E-state index in [1.807, 2.05) is 6.92 Å². The number of carbonyl (C=O) groups excluding carboxylic acids is 2. The molecule has 0 saturated heterocycles. The smallest absolute Gasteiger partial charge is 0.313 e. The van der Waals surface area contributed by atoms with Crippen LogP contribution in [0, 0.1) is 11.8 Å². The molecule has 3 atom stereocenters. The van der Waals surface area contributed by atoms with E-state index in [1.54, 1.807) is 6.92 Å². The Morgan fingerprint density at radius 1 is 1.18 bits per heavy atom. The number of ketones is 1. The van der Waals surface area contributed by atoms with Crippen molar-refractivity contribution in [2.45, 2.75) is 71.8 Å². The number of allylic oxidation sites excluding steroid dienone is 2. The van der Waals surface area contributed by atoms with Crippen molar-refractivity contribution in [2.24, 2.45) is 11.8 Å². The van der Waals surface area contributed by atoms with E-state index in [0.717, 1.165) is 12.8 Å². The largest absolute Gasteiger partial charge is 0.469 e. The van der Waals surface area contributed by atoms with E-state index < -0.39 is 11.6 Å². The zero-order valence-electron chi connectivity index (χ0n) is 14.7. The van der Waals surface area contributed by atoms with Gasteiger partial charge in [-0.25, -0.2) is 0 Å². The summed E-state index contributed by atoms with van der Waals surface area (Å²) in [5.74, 6) is -0.655. The third kappa shape index (κ3) is 8.32. The van der Waals surface area contributed by atoms with E-state index >= 15 is 0 Å². The van der Waals surface area contributed by atoms with Crippen LogP contribution in [0.5, 0.6) is 0 Å². The minimum Gasteiger partial charge on any atom is -0.469 e. The number of esters is 1. The van der Waals surface area contributed by atoms with E-state index in [9.17, 15) is 14.7 Å². The Kier molecular flexibility index (Phi) is 9.99. The van der Waals surface area contributed by atoms with Gasteiger partial charge in [-0.2, -0.15) is 0 Å². The van der Waals surface area contributed by atoms with Gasteiger partial charge in [-0.15, -0.1) is 0 Å². The molecule has 4 nitrogen and oxygen atoms in total. The summed E-state index contributed by atoms with van der Waals surface area (Å²) in [6.45, 7) is 7.87. The molecular formula is C18H32O4. The number of carbonyl (C=O) groups is 2. The van der Waals surface area contributed by atoms with Crippen molar-refractivity contribution in [3.63, 3.8) is 0 Å². The maximum absolute atomic E-state index is 12.1. The lowest BCUT2D eigenvalue weighted by Gasteiger charge is -2.30. The first-order chi connectivity index (χ1) is 10.3. The average Bonchev–Trinajstić information content (AvgIpc) is 2.48. The second-order valence-electron chi connectivity index (χ2n) is 6.23. The fourth-order valence-electron chi connectivity index (χ4n) is 2.70. The van der Waals surface area contributed by atoms with Crippen LogP contribution in [-0.2, 0) is 14.3 Å². The maximum atomic E-state index is 12.1. The molecule has 1 N–H and O–H groups in total. The highest BCUT2D eigenvalue weighted by Crippen LogP contribution is 2.29. The molecule has 0 aromatic heterocycles. The van der Waals surface area contributed by atoms with Gasteiger partial charge in [0.25, 0.3) is 0 Å². The van der Waals surface area contributed by atoms with E-state index in [1.165, 1.54) is 7.11 Å². The minimum absolute atomic E-state index is 0.147. The number of methoxy groups -OCH3 is 1. The molecule has 0 spiro atoms. The molecule has 0 amide bonds. The number of aliphatic hydroxyl groups is 1. The molecule has 0 unspecified atom stereocenters.